The van der Waals surface area contributed by atoms with Gasteiger partial charge in [-0.2, -0.15) is 15.0 Å². The minimum Gasteiger partial charge on any atom is -0.467 e. The average Bonchev–Trinajstić information content (AvgIpc) is 2.52. The maximum absolute atomic E-state index is 13.0. The molecule has 0 aliphatic rings. The summed E-state index contributed by atoms with van der Waals surface area (Å²) < 4.78 is 18.0. The summed E-state index contributed by atoms with van der Waals surface area (Å²) in [5, 5.41) is 2.65. The lowest BCUT2D eigenvalue weighted by Crippen LogP contribution is -2.25. The quantitative estimate of drug-likeness (QED) is 0.892. The van der Waals surface area contributed by atoms with Crippen molar-refractivity contribution in [3.63, 3.8) is 0 Å². The molecule has 1 N–H and O–H groups in total. The number of carbonyl (C=O) groups excluding carboxylic acids is 1. The molecule has 9 heteroatoms. The summed E-state index contributed by atoms with van der Waals surface area (Å²) >= 11 is 5.85. The highest BCUT2D eigenvalue weighted by Crippen LogP contribution is 2.17. The monoisotopic (exact) mass is 339 g/mol. The second-order valence-corrected chi connectivity index (χ2v) is 5.15. The van der Waals surface area contributed by atoms with Crippen molar-refractivity contribution >= 4 is 23.5 Å². The molecule has 0 fully saturated rings. The molecule has 0 saturated heterocycles. The van der Waals surface area contributed by atoms with Crippen LogP contribution in [-0.2, 0) is 6.54 Å². The minimum atomic E-state index is -0.510. The Labute approximate surface area is 137 Å². The van der Waals surface area contributed by atoms with E-state index in [2.05, 4.69) is 20.3 Å². The van der Waals surface area contributed by atoms with E-state index in [-0.39, 0.29) is 23.1 Å². The lowest BCUT2D eigenvalue weighted by molar-refractivity contribution is 0.0950. The minimum absolute atomic E-state index is 0.0321. The van der Waals surface area contributed by atoms with Crippen LogP contribution in [0.2, 0.25) is 5.02 Å². The lowest BCUT2D eigenvalue weighted by atomic mass is 10.2. The van der Waals surface area contributed by atoms with Gasteiger partial charge in [-0.15, -0.1) is 0 Å². The summed E-state index contributed by atoms with van der Waals surface area (Å²) in [7, 11) is 4.99. The number of ether oxygens (including phenoxy) is 1. The number of benzene rings is 1. The zero-order valence-corrected chi connectivity index (χ0v) is 13.6. The van der Waals surface area contributed by atoms with Gasteiger partial charge in [0.1, 0.15) is 5.82 Å². The van der Waals surface area contributed by atoms with Crippen molar-refractivity contribution in [2.75, 3.05) is 26.1 Å². The van der Waals surface area contributed by atoms with Crippen molar-refractivity contribution in [2.45, 2.75) is 6.54 Å². The number of amides is 1. The molecule has 0 atom stereocenters. The standard InChI is InChI=1S/C14H15ClFN5O2/c1-21(2)13-18-11(19-14(20-13)23-3)7-17-12(22)9-5-4-8(16)6-10(9)15/h4-6H,7H2,1-3H3,(H,17,22). The molecule has 0 unspecified atom stereocenters. The van der Waals surface area contributed by atoms with Crippen LogP contribution in [0.1, 0.15) is 16.2 Å². The summed E-state index contributed by atoms with van der Waals surface area (Å²) in [6, 6.07) is 3.70. The summed E-state index contributed by atoms with van der Waals surface area (Å²) in [4.78, 5) is 26.1. The van der Waals surface area contributed by atoms with Crippen LogP contribution in [0, 0.1) is 5.82 Å². The fraction of sp³-hybridized carbons (Fsp3) is 0.286. The van der Waals surface area contributed by atoms with Crippen molar-refractivity contribution in [3.8, 4) is 6.01 Å². The zero-order valence-electron chi connectivity index (χ0n) is 12.8. The van der Waals surface area contributed by atoms with Gasteiger partial charge in [0.2, 0.25) is 5.95 Å². The number of halogens is 2. The number of methoxy groups -OCH3 is 1. The molecule has 0 radical (unpaired) electrons. The summed E-state index contributed by atoms with van der Waals surface area (Å²) in [6.45, 7) is 0.0479. The van der Waals surface area contributed by atoms with Gasteiger partial charge in [0.15, 0.2) is 5.82 Å². The Morgan fingerprint density at radius 3 is 2.70 bits per heavy atom. The molecule has 1 heterocycles. The van der Waals surface area contributed by atoms with E-state index < -0.39 is 11.7 Å². The van der Waals surface area contributed by atoms with Gasteiger partial charge in [0.25, 0.3) is 5.91 Å². The maximum Gasteiger partial charge on any atom is 0.321 e. The normalized spacial score (nSPS) is 10.3. The van der Waals surface area contributed by atoms with Crippen molar-refractivity contribution in [2.24, 2.45) is 0 Å². The van der Waals surface area contributed by atoms with Crippen molar-refractivity contribution < 1.29 is 13.9 Å². The third-order valence-electron chi connectivity index (χ3n) is 2.81. The number of hydrogen-bond donors (Lipinski definition) is 1. The van der Waals surface area contributed by atoms with Crippen molar-refractivity contribution in [1.82, 2.24) is 20.3 Å². The Balaban J connectivity index is 2.13. The van der Waals surface area contributed by atoms with E-state index in [9.17, 15) is 9.18 Å². The lowest BCUT2D eigenvalue weighted by Gasteiger charge is -2.12. The van der Waals surface area contributed by atoms with Gasteiger partial charge in [0, 0.05) is 14.1 Å². The van der Waals surface area contributed by atoms with Gasteiger partial charge >= 0.3 is 6.01 Å². The van der Waals surface area contributed by atoms with Gasteiger partial charge in [-0.1, -0.05) is 11.6 Å². The molecule has 23 heavy (non-hydrogen) atoms. The molecule has 2 rings (SSSR count). The highest BCUT2D eigenvalue weighted by molar-refractivity contribution is 6.33. The first-order valence-corrected chi connectivity index (χ1v) is 6.98. The third-order valence-corrected chi connectivity index (χ3v) is 3.13. The van der Waals surface area contributed by atoms with E-state index in [0.717, 1.165) is 12.1 Å². The molecular weight excluding hydrogens is 325 g/mol. The van der Waals surface area contributed by atoms with Crippen LogP contribution in [-0.4, -0.2) is 42.1 Å². The number of nitrogens with zero attached hydrogens (tertiary/aromatic N) is 4. The third kappa shape index (κ3) is 4.26. The summed E-state index contributed by atoms with van der Waals surface area (Å²) in [5.41, 5.74) is 0.168. The van der Waals surface area contributed by atoms with Crippen LogP contribution in [0.25, 0.3) is 0 Å². The first kappa shape index (κ1) is 16.9. The predicted molar refractivity (Wildman–Crippen MR) is 83.3 cm³/mol. The molecule has 2 aromatic rings. The van der Waals surface area contributed by atoms with Crippen molar-refractivity contribution in [3.05, 3.63) is 40.4 Å². The summed E-state index contributed by atoms with van der Waals surface area (Å²) in [5.74, 6) is -0.238. The zero-order chi connectivity index (χ0) is 17.0. The first-order chi connectivity index (χ1) is 10.9. The topological polar surface area (TPSA) is 80.2 Å². The van der Waals surface area contributed by atoms with Gasteiger partial charge in [-0.3, -0.25) is 4.79 Å². The second-order valence-electron chi connectivity index (χ2n) is 4.74. The number of hydrogen-bond acceptors (Lipinski definition) is 6. The van der Waals surface area contributed by atoms with Crippen LogP contribution in [0.4, 0.5) is 10.3 Å². The molecule has 0 aliphatic carbocycles. The average molecular weight is 340 g/mol. The van der Waals surface area contributed by atoms with Gasteiger partial charge < -0.3 is 15.0 Å². The number of nitrogens with one attached hydrogen (secondary N) is 1. The number of anilines is 1. The molecule has 1 aromatic carbocycles. The van der Waals surface area contributed by atoms with Gasteiger partial charge in [0.05, 0.1) is 24.2 Å². The largest absolute Gasteiger partial charge is 0.467 e. The molecule has 0 spiro atoms. The highest BCUT2D eigenvalue weighted by atomic mass is 35.5. The Morgan fingerprint density at radius 2 is 2.09 bits per heavy atom. The van der Waals surface area contributed by atoms with Crippen molar-refractivity contribution in [1.29, 1.82) is 0 Å². The predicted octanol–water partition coefficient (Wildman–Crippen LogP) is 1.67. The Morgan fingerprint density at radius 1 is 1.35 bits per heavy atom. The van der Waals surface area contributed by atoms with Gasteiger partial charge in [-0.05, 0) is 18.2 Å². The van der Waals surface area contributed by atoms with Crippen LogP contribution in [0.3, 0.4) is 0 Å². The van der Waals surface area contributed by atoms with E-state index >= 15 is 0 Å². The van der Waals surface area contributed by atoms with E-state index in [1.165, 1.54) is 13.2 Å². The van der Waals surface area contributed by atoms with Crippen LogP contribution in [0.15, 0.2) is 18.2 Å². The SMILES string of the molecule is COc1nc(CNC(=O)c2ccc(F)cc2Cl)nc(N(C)C)n1. The number of carbonyl (C=O) groups is 1. The number of aromatic nitrogens is 3. The first-order valence-electron chi connectivity index (χ1n) is 6.60. The molecule has 1 aromatic heterocycles. The molecular formula is C14H15ClFN5O2. The summed E-state index contributed by atoms with van der Waals surface area (Å²) in [6.07, 6.45) is 0. The smallest absolute Gasteiger partial charge is 0.321 e. The van der Waals surface area contributed by atoms with Crippen LogP contribution >= 0.6 is 11.6 Å². The highest BCUT2D eigenvalue weighted by Gasteiger charge is 2.13. The molecule has 0 aliphatic heterocycles. The Hall–Kier alpha value is -2.48. The Kier molecular flexibility index (Phi) is 5.28. The maximum atomic E-state index is 13.0. The number of rotatable bonds is 5. The van der Waals surface area contributed by atoms with E-state index in [0.29, 0.717) is 11.8 Å². The Bertz CT molecular complexity index is 726. The van der Waals surface area contributed by atoms with E-state index in [1.807, 2.05) is 0 Å². The fourth-order valence-corrected chi connectivity index (χ4v) is 1.94. The molecule has 1 amide bonds. The van der Waals surface area contributed by atoms with Gasteiger partial charge in [-0.25, -0.2) is 4.39 Å². The van der Waals surface area contributed by atoms with E-state index in [4.69, 9.17) is 16.3 Å². The molecule has 122 valence electrons. The van der Waals surface area contributed by atoms with Crippen LogP contribution in [0.5, 0.6) is 6.01 Å². The second kappa shape index (κ2) is 7.19. The van der Waals surface area contributed by atoms with Crippen LogP contribution < -0.4 is 15.0 Å². The fourth-order valence-electron chi connectivity index (χ4n) is 1.68. The molecule has 7 nitrogen and oxygen atoms in total. The van der Waals surface area contributed by atoms with E-state index in [1.54, 1.807) is 19.0 Å². The molecule has 0 bridgehead atoms. The molecule has 0 saturated carbocycles.